The molecule has 3 rings (SSSR count). The van der Waals surface area contributed by atoms with Gasteiger partial charge in [0.2, 0.25) is 11.9 Å². The summed E-state index contributed by atoms with van der Waals surface area (Å²) in [6.07, 6.45) is 1.77. The van der Waals surface area contributed by atoms with Crippen LogP contribution in [0.5, 0.6) is 0 Å². The predicted octanol–water partition coefficient (Wildman–Crippen LogP) is 4.26. The minimum absolute atomic E-state index is 0.0209. The van der Waals surface area contributed by atoms with Gasteiger partial charge in [0.15, 0.2) is 0 Å². The van der Waals surface area contributed by atoms with Crippen molar-refractivity contribution in [1.29, 1.82) is 0 Å². The summed E-state index contributed by atoms with van der Waals surface area (Å²) < 4.78 is 0. The first-order valence-corrected chi connectivity index (χ1v) is 9.01. The molecular formula is C18H20Cl2N4O. The van der Waals surface area contributed by atoms with E-state index in [1.807, 2.05) is 19.9 Å². The number of carbonyl (C=O) groups excluding carboxylic acids is 1. The van der Waals surface area contributed by atoms with Crippen LogP contribution in [0, 0.1) is 19.8 Å². The van der Waals surface area contributed by atoms with Gasteiger partial charge >= 0.3 is 0 Å². The molecule has 5 nitrogen and oxygen atoms in total. The van der Waals surface area contributed by atoms with Crippen LogP contribution in [-0.2, 0) is 4.79 Å². The van der Waals surface area contributed by atoms with Crippen molar-refractivity contribution >= 4 is 40.7 Å². The van der Waals surface area contributed by atoms with Crippen LogP contribution >= 0.6 is 23.2 Å². The van der Waals surface area contributed by atoms with E-state index < -0.39 is 0 Å². The first kappa shape index (κ1) is 18.0. The average molecular weight is 379 g/mol. The summed E-state index contributed by atoms with van der Waals surface area (Å²) in [5.74, 6) is 0.560. The second kappa shape index (κ2) is 7.58. The van der Waals surface area contributed by atoms with Crippen molar-refractivity contribution < 1.29 is 4.79 Å². The lowest BCUT2D eigenvalue weighted by atomic mass is 9.97. The number of piperidine rings is 1. The quantitative estimate of drug-likeness (QED) is 0.866. The van der Waals surface area contributed by atoms with Crippen LogP contribution in [0.4, 0.5) is 11.6 Å². The zero-order valence-corrected chi connectivity index (χ0v) is 15.7. The van der Waals surface area contributed by atoms with E-state index in [0.29, 0.717) is 28.2 Å². The Labute approximate surface area is 157 Å². The summed E-state index contributed by atoms with van der Waals surface area (Å²) in [6, 6.07) is 7.03. The molecule has 7 heteroatoms. The van der Waals surface area contributed by atoms with Crippen molar-refractivity contribution in [2.45, 2.75) is 26.7 Å². The zero-order valence-electron chi connectivity index (χ0n) is 14.2. The second-order valence-corrected chi connectivity index (χ2v) is 7.17. The normalized spacial score (nSPS) is 17.4. The lowest BCUT2D eigenvalue weighted by molar-refractivity contribution is -0.120. The lowest BCUT2D eigenvalue weighted by Gasteiger charge is -2.32. The number of amides is 1. The van der Waals surface area contributed by atoms with Gasteiger partial charge in [-0.1, -0.05) is 23.2 Å². The van der Waals surface area contributed by atoms with Gasteiger partial charge in [0.25, 0.3) is 0 Å². The molecule has 1 N–H and O–H groups in total. The van der Waals surface area contributed by atoms with E-state index in [2.05, 4.69) is 20.2 Å². The predicted molar refractivity (Wildman–Crippen MR) is 102 cm³/mol. The molecule has 1 aromatic carbocycles. The number of aryl methyl sites for hydroxylation is 2. The fourth-order valence-electron chi connectivity index (χ4n) is 3.04. The summed E-state index contributed by atoms with van der Waals surface area (Å²) in [5.41, 5.74) is 2.52. The van der Waals surface area contributed by atoms with Crippen LogP contribution in [-0.4, -0.2) is 29.0 Å². The van der Waals surface area contributed by atoms with E-state index in [-0.39, 0.29) is 11.8 Å². The Kier molecular flexibility index (Phi) is 5.45. The van der Waals surface area contributed by atoms with Crippen LogP contribution in [0.2, 0.25) is 10.0 Å². The van der Waals surface area contributed by atoms with Gasteiger partial charge in [0.1, 0.15) is 0 Å². The van der Waals surface area contributed by atoms with Crippen LogP contribution < -0.4 is 10.2 Å². The molecule has 1 saturated heterocycles. The Morgan fingerprint density at radius 3 is 2.56 bits per heavy atom. The molecule has 132 valence electrons. The third-order valence-electron chi connectivity index (χ3n) is 4.23. The molecule has 0 radical (unpaired) electrons. The van der Waals surface area contributed by atoms with Crippen LogP contribution in [0.3, 0.4) is 0 Å². The van der Waals surface area contributed by atoms with Crippen molar-refractivity contribution in [3.63, 3.8) is 0 Å². The number of hydrogen-bond donors (Lipinski definition) is 1. The maximum Gasteiger partial charge on any atom is 0.229 e. The standard InChI is InChI=1S/C18H20Cl2N4O/c1-11-8-12(2)22-18(21-11)24-7-3-4-13(10-24)17(25)23-14-5-6-15(19)16(20)9-14/h5-6,8-9,13H,3-4,7,10H2,1-2H3,(H,23,25). The van der Waals surface area contributed by atoms with Crippen molar-refractivity contribution in [2.24, 2.45) is 5.92 Å². The summed E-state index contributed by atoms with van der Waals surface area (Å²) in [6.45, 7) is 5.38. The molecule has 2 aromatic rings. The van der Waals surface area contributed by atoms with E-state index >= 15 is 0 Å². The Balaban J connectivity index is 1.69. The molecule has 2 heterocycles. The fourth-order valence-corrected chi connectivity index (χ4v) is 3.34. The second-order valence-electron chi connectivity index (χ2n) is 6.35. The molecule has 0 spiro atoms. The molecule has 0 aliphatic carbocycles. The highest BCUT2D eigenvalue weighted by Gasteiger charge is 2.27. The minimum atomic E-state index is -0.118. The van der Waals surface area contributed by atoms with Crippen molar-refractivity contribution in [1.82, 2.24) is 9.97 Å². The van der Waals surface area contributed by atoms with Crippen molar-refractivity contribution in [3.8, 4) is 0 Å². The molecule has 0 bridgehead atoms. The topological polar surface area (TPSA) is 58.1 Å². The first-order chi connectivity index (χ1) is 11.9. The minimum Gasteiger partial charge on any atom is -0.340 e. The molecule has 1 amide bonds. The molecule has 25 heavy (non-hydrogen) atoms. The third-order valence-corrected chi connectivity index (χ3v) is 4.97. The summed E-state index contributed by atoms with van der Waals surface area (Å²) in [7, 11) is 0. The molecular weight excluding hydrogens is 359 g/mol. The Hall–Kier alpha value is -1.85. The highest BCUT2D eigenvalue weighted by atomic mass is 35.5. The maximum atomic E-state index is 12.6. The maximum absolute atomic E-state index is 12.6. The summed E-state index contributed by atoms with van der Waals surface area (Å²) >= 11 is 11.9. The number of aromatic nitrogens is 2. The van der Waals surface area contributed by atoms with Crippen molar-refractivity contribution in [3.05, 3.63) is 45.7 Å². The Morgan fingerprint density at radius 2 is 1.88 bits per heavy atom. The largest absolute Gasteiger partial charge is 0.340 e. The number of nitrogens with one attached hydrogen (secondary N) is 1. The Bertz CT molecular complexity index is 776. The summed E-state index contributed by atoms with van der Waals surface area (Å²) in [4.78, 5) is 23.7. The van der Waals surface area contributed by atoms with E-state index in [1.54, 1.807) is 18.2 Å². The van der Waals surface area contributed by atoms with Crippen LogP contribution in [0.25, 0.3) is 0 Å². The zero-order chi connectivity index (χ0) is 18.0. The van der Waals surface area contributed by atoms with Crippen LogP contribution in [0.1, 0.15) is 24.2 Å². The number of anilines is 2. The highest BCUT2D eigenvalue weighted by molar-refractivity contribution is 6.42. The molecule has 0 saturated carbocycles. The summed E-state index contributed by atoms with van der Waals surface area (Å²) in [5, 5.41) is 3.82. The smallest absolute Gasteiger partial charge is 0.229 e. The lowest BCUT2D eigenvalue weighted by Crippen LogP contribution is -2.41. The van der Waals surface area contributed by atoms with E-state index in [0.717, 1.165) is 30.8 Å². The number of halogens is 2. The van der Waals surface area contributed by atoms with E-state index in [9.17, 15) is 4.79 Å². The molecule has 1 atom stereocenters. The van der Waals surface area contributed by atoms with E-state index in [4.69, 9.17) is 23.2 Å². The van der Waals surface area contributed by atoms with Gasteiger partial charge in [-0.3, -0.25) is 4.79 Å². The van der Waals surface area contributed by atoms with E-state index in [1.165, 1.54) is 0 Å². The van der Waals surface area contributed by atoms with Gasteiger partial charge < -0.3 is 10.2 Å². The highest BCUT2D eigenvalue weighted by Crippen LogP contribution is 2.26. The van der Waals surface area contributed by atoms with Gasteiger partial charge in [-0.15, -0.1) is 0 Å². The van der Waals surface area contributed by atoms with Gasteiger partial charge in [-0.25, -0.2) is 9.97 Å². The third kappa shape index (κ3) is 4.41. The average Bonchev–Trinajstić information content (AvgIpc) is 2.57. The van der Waals surface area contributed by atoms with Gasteiger partial charge in [0.05, 0.1) is 16.0 Å². The number of carbonyl (C=O) groups is 1. The van der Waals surface area contributed by atoms with Crippen molar-refractivity contribution in [2.75, 3.05) is 23.3 Å². The molecule has 1 aliphatic rings. The monoisotopic (exact) mass is 378 g/mol. The Morgan fingerprint density at radius 1 is 1.16 bits per heavy atom. The number of rotatable bonds is 3. The number of hydrogen-bond acceptors (Lipinski definition) is 4. The molecule has 1 unspecified atom stereocenters. The van der Waals surface area contributed by atoms with Gasteiger partial charge in [0, 0.05) is 30.2 Å². The first-order valence-electron chi connectivity index (χ1n) is 8.25. The SMILES string of the molecule is Cc1cc(C)nc(N2CCCC(C(=O)Nc3ccc(Cl)c(Cl)c3)C2)n1. The molecule has 1 aliphatic heterocycles. The van der Waals surface area contributed by atoms with Gasteiger partial charge in [-0.2, -0.15) is 0 Å². The molecule has 1 fully saturated rings. The number of nitrogens with zero attached hydrogens (tertiary/aromatic N) is 3. The fraction of sp³-hybridized carbons (Fsp3) is 0.389. The van der Waals surface area contributed by atoms with Gasteiger partial charge in [-0.05, 0) is 51.0 Å². The molecule has 1 aromatic heterocycles. The van der Waals surface area contributed by atoms with Crippen LogP contribution in [0.15, 0.2) is 24.3 Å². The number of benzene rings is 1.